The van der Waals surface area contributed by atoms with Crippen LogP contribution in [0.15, 0.2) is 34.1 Å². The summed E-state index contributed by atoms with van der Waals surface area (Å²) in [4.78, 5) is 23.6. The molecule has 0 radical (unpaired) electrons. The van der Waals surface area contributed by atoms with E-state index in [1.165, 1.54) is 33.4 Å². The maximum atomic E-state index is 12.6. The molecule has 2 rings (SSSR count). The highest BCUT2D eigenvalue weighted by atomic mass is 32.2. The second-order valence-electron chi connectivity index (χ2n) is 5.30. The van der Waals surface area contributed by atoms with Crippen LogP contribution in [0.4, 0.5) is 10.7 Å². The average molecular weight is 431 g/mol. The Balaban J connectivity index is 2.37. The monoisotopic (exact) mass is 431 g/mol. The summed E-state index contributed by atoms with van der Waals surface area (Å²) < 4.78 is 60.3. The summed E-state index contributed by atoms with van der Waals surface area (Å²) in [7, 11) is -4.60. The molecule has 1 aromatic carbocycles. The zero-order valence-corrected chi connectivity index (χ0v) is 16.9. The standard InChI is InChI=1S/C14H17N5O7S2/c1-19(11-15-12(25-2)17-13(16-11)26-3)14(20)18-28(23,24)10-8-6-5-7-9(10)27(4,21)22/h5-8H,1-4H3,(H,18,20). The number of hydrogen-bond acceptors (Lipinski definition) is 10. The van der Waals surface area contributed by atoms with E-state index < -0.39 is 35.7 Å². The number of nitrogens with one attached hydrogen (secondary N) is 1. The third kappa shape index (κ3) is 4.64. The highest BCUT2D eigenvalue weighted by Gasteiger charge is 2.28. The number of carbonyl (C=O) groups excluding carboxylic acids is 1. The molecule has 0 aliphatic heterocycles. The van der Waals surface area contributed by atoms with Gasteiger partial charge in [0.15, 0.2) is 9.84 Å². The van der Waals surface area contributed by atoms with Crippen molar-refractivity contribution in [2.45, 2.75) is 9.79 Å². The quantitative estimate of drug-likeness (QED) is 0.650. The van der Waals surface area contributed by atoms with Gasteiger partial charge in [-0.15, -0.1) is 4.98 Å². The smallest absolute Gasteiger partial charge is 0.337 e. The fourth-order valence-corrected chi connectivity index (χ4v) is 4.58. The zero-order valence-electron chi connectivity index (χ0n) is 15.3. The number of sulfone groups is 1. The molecular weight excluding hydrogens is 414 g/mol. The fraction of sp³-hybridized carbons (Fsp3) is 0.286. The molecule has 0 fully saturated rings. The van der Waals surface area contributed by atoms with E-state index in [0.29, 0.717) is 0 Å². The van der Waals surface area contributed by atoms with Crippen molar-refractivity contribution in [3.8, 4) is 12.0 Å². The Morgan fingerprint density at radius 3 is 1.93 bits per heavy atom. The number of carbonyl (C=O) groups is 1. The van der Waals surface area contributed by atoms with Gasteiger partial charge < -0.3 is 9.47 Å². The van der Waals surface area contributed by atoms with Crippen LogP contribution in [0.3, 0.4) is 0 Å². The maximum absolute atomic E-state index is 12.6. The summed E-state index contributed by atoms with van der Waals surface area (Å²) >= 11 is 0. The lowest BCUT2D eigenvalue weighted by atomic mass is 10.4. The minimum absolute atomic E-state index is 0.160. The molecule has 12 nitrogen and oxygen atoms in total. The van der Waals surface area contributed by atoms with Gasteiger partial charge in [0.25, 0.3) is 10.0 Å². The van der Waals surface area contributed by atoms with Gasteiger partial charge in [-0.2, -0.15) is 9.97 Å². The van der Waals surface area contributed by atoms with E-state index in [0.717, 1.165) is 23.3 Å². The van der Waals surface area contributed by atoms with E-state index in [2.05, 4.69) is 15.0 Å². The Morgan fingerprint density at radius 2 is 1.46 bits per heavy atom. The van der Waals surface area contributed by atoms with Crippen molar-refractivity contribution in [1.82, 2.24) is 19.7 Å². The second-order valence-corrected chi connectivity index (χ2v) is 8.93. The number of anilines is 1. The summed E-state index contributed by atoms with van der Waals surface area (Å²) in [6.07, 6.45) is 0.860. The summed E-state index contributed by atoms with van der Waals surface area (Å²) in [5, 5.41) is 0. The van der Waals surface area contributed by atoms with Crippen molar-refractivity contribution < 1.29 is 31.1 Å². The highest BCUT2D eigenvalue weighted by Crippen LogP contribution is 2.21. The van der Waals surface area contributed by atoms with Crippen LogP contribution in [0.25, 0.3) is 0 Å². The second kappa shape index (κ2) is 7.93. The number of nitrogens with zero attached hydrogens (tertiary/aromatic N) is 4. The lowest BCUT2D eigenvalue weighted by Crippen LogP contribution is -2.42. The zero-order chi connectivity index (χ0) is 21.1. The van der Waals surface area contributed by atoms with Crippen molar-refractivity contribution >= 4 is 31.8 Å². The summed E-state index contributed by atoms with van der Waals surface area (Å²) in [6.45, 7) is 0. The molecule has 2 amide bonds. The van der Waals surface area contributed by atoms with Crippen molar-refractivity contribution in [3.63, 3.8) is 0 Å². The molecule has 0 aliphatic rings. The minimum Gasteiger partial charge on any atom is -0.467 e. The highest BCUT2D eigenvalue weighted by molar-refractivity contribution is 7.93. The third-order valence-corrected chi connectivity index (χ3v) is 5.97. The molecule has 1 aromatic heterocycles. The van der Waals surface area contributed by atoms with E-state index in [1.54, 1.807) is 4.72 Å². The van der Waals surface area contributed by atoms with E-state index >= 15 is 0 Å². The molecule has 0 saturated heterocycles. The van der Waals surface area contributed by atoms with Gasteiger partial charge in [-0.1, -0.05) is 12.1 Å². The van der Waals surface area contributed by atoms with Gasteiger partial charge in [-0.05, 0) is 12.1 Å². The number of rotatable bonds is 6. The SMILES string of the molecule is COc1nc(OC)nc(N(C)C(=O)NS(=O)(=O)c2ccccc2S(C)(=O)=O)n1. The van der Waals surface area contributed by atoms with Gasteiger partial charge in [-0.25, -0.2) is 26.4 Å². The van der Waals surface area contributed by atoms with E-state index in [4.69, 9.17) is 9.47 Å². The first-order chi connectivity index (χ1) is 13.0. The molecule has 0 aliphatic carbocycles. The van der Waals surface area contributed by atoms with Crippen molar-refractivity contribution in [2.24, 2.45) is 0 Å². The molecule has 28 heavy (non-hydrogen) atoms. The first kappa shape index (κ1) is 21.3. The van der Waals surface area contributed by atoms with Crippen LogP contribution in [0, 0.1) is 0 Å². The molecular formula is C14H17N5O7S2. The first-order valence-corrected chi connectivity index (χ1v) is 10.8. The van der Waals surface area contributed by atoms with Crippen LogP contribution >= 0.6 is 0 Å². The van der Waals surface area contributed by atoms with Crippen LogP contribution < -0.4 is 19.1 Å². The van der Waals surface area contributed by atoms with Gasteiger partial charge in [0, 0.05) is 13.3 Å². The van der Waals surface area contributed by atoms with Crippen molar-refractivity contribution in [3.05, 3.63) is 24.3 Å². The lowest BCUT2D eigenvalue weighted by Gasteiger charge is -2.17. The predicted octanol–water partition coefficient (Wildman–Crippen LogP) is -0.173. The normalized spacial score (nSPS) is 11.6. The number of ether oxygens (including phenoxy) is 2. The van der Waals surface area contributed by atoms with Crippen LogP contribution in [0.5, 0.6) is 12.0 Å². The summed E-state index contributed by atoms with van der Waals surface area (Å²) in [5.41, 5.74) is 0. The molecule has 0 bridgehead atoms. The summed E-state index contributed by atoms with van der Waals surface area (Å²) in [5.74, 6) is -0.257. The predicted molar refractivity (Wildman–Crippen MR) is 96.6 cm³/mol. The molecule has 14 heteroatoms. The molecule has 0 saturated carbocycles. The number of methoxy groups -OCH3 is 2. The van der Waals surface area contributed by atoms with Crippen molar-refractivity contribution in [1.29, 1.82) is 0 Å². The fourth-order valence-electron chi connectivity index (χ4n) is 1.97. The summed E-state index contributed by atoms with van der Waals surface area (Å²) in [6, 6.07) is 3.43. The Labute approximate surface area is 161 Å². The van der Waals surface area contributed by atoms with Gasteiger partial charge >= 0.3 is 18.1 Å². The molecule has 0 spiro atoms. The number of hydrogen-bond donors (Lipinski definition) is 1. The van der Waals surface area contributed by atoms with E-state index in [9.17, 15) is 21.6 Å². The molecule has 152 valence electrons. The molecule has 1 N–H and O–H groups in total. The van der Waals surface area contributed by atoms with Crippen LogP contribution in [-0.2, 0) is 19.9 Å². The van der Waals surface area contributed by atoms with Gasteiger partial charge in [0.05, 0.1) is 19.1 Å². The maximum Gasteiger partial charge on any atom is 0.337 e. The molecule has 0 atom stereocenters. The van der Waals surface area contributed by atoms with Gasteiger partial charge in [0.2, 0.25) is 5.95 Å². The van der Waals surface area contributed by atoms with E-state index in [1.807, 2.05) is 0 Å². The Morgan fingerprint density at radius 1 is 0.964 bits per heavy atom. The molecule has 1 heterocycles. The molecule has 2 aromatic rings. The average Bonchev–Trinajstić information content (AvgIpc) is 2.65. The van der Waals surface area contributed by atoms with E-state index in [-0.39, 0.29) is 18.0 Å². The Bertz CT molecular complexity index is 1080. The van der Waals surface area contributed by atoms with Crippen LogP contribution in [-0.4, -0.2) is 65.3 Å². The minimum atomic E-state index is -4.51. The molecule has 0 unspecified atom stereocenters. The van der Waals surface area contributed by atoms with Gasteiger partial charge in [0.1, 0.15) is 4.90 Å². The largest absolute Gasteiger partial charge is 0.467 e. The Kier molecular flexibility index (Phi) is 6.04. The lowest BCUT2D eigenvalue weighted by molar-refractivity contribution is 0.251. The topological polar surface area (TPSA) is 158 Å². The van der Waals surface area contributed by atoms with Crippen LogP contribution in [0.1, 0.15) is 0 Å². The number of sulfonamides is 1. The first-order valence-electron chi connectivity index (χ1n) is 7.43. The number of benzene rings is 1. The number of urea groups is 1. The Hall–Kier alpha value is -3.00. The number of aromatic nitrogens is 3. The van der Waals surface area contributed by atoms with Crippen molar-refractivity contribution in [2.75, 3.05) is 32.4 Å². The van der Waals surface area contributed by atoms with Gasteiger partial charge in [-0.3, -0.25) is 4.90 Å². The van der Waals surface area contributed by atoms with Crippen LogP contribution in [0.2, 0.25) is 0 Å². The number of amides is 2. The third-order valence-electron chi connectivity index (χ3n) is 3.31.